The van der Waals surface area contributed by atoms with Gasteiger partial charge in [-0.1, -0.05) is 36.4 Å². The van der Waals surface area contributed by atoms with Crippen molar-refractivity contribution in [3.05, 3.63) is 72.2 Å². The van der Waals surface area contributed by atoms with Crippen LogP contribution in [0, 0.1) is 0 Å². The van der Waals surface area contributed by atoms with Gasteiger partial charge in [0.25, 0.3) is 5.91 Å². The summed E-state index contributed by atoms with van der Waals surface area (Å²) in [6.07, 6.45) is 2.01. The fourth-order valence-electron chi connectivity index (χ4n) is 3.90. The fourth-order valence-corrected chi connectivity index (χ4v) is 3.90. The van der Waals surface area contributed by atoms with Crippen LogP contribution < -0.4 is 0 Å². The van der Waals surface area contributed by atoms with Crippen molar-refractivity contribution >= 4 is 27.8 Å². The molecule has 5 rings (SSSR count). The topological polar surface area (TPSA) is 61.9 Å². The standard InChI is InChI=1S/C22H20N4O/c27-22(20-12-11-15-6-1-2-8-17(15)23-20)26-13-5-7-16(14-26)21-24-18-9-3-4-10-19(18)25-21/h1-4,6,8-12,16H,5,7,13-14H2,(H,24,25)/t16-/m1/s1. The van der Waals surface area contributed by atoms with E-state index in [1.807, 2.05) is 65.6 Å². The van der Waals surface area contributed by atoms with Crippen LogP contribution >= 0.6 is 0 Å². The van der Waals surface area contributed by atoms with Crippen LogP contribution in [0.1, 0.15) is 35.1 Å². The Hall–Kier alpha value is -3.21. The zero-order chi connectivity index (χ0) is 18.2. The number of hydrogen-bond acceptors (Lipinski definition) is 3. The molecule has 1 aliphatic heterocycles. The molecule has 1 atom stereocenters. The maximum Gasteiger partial charge on any atom is 0.272 e. The number of nitrogens with zero attached hydrogens (tertiary/aromatic N) is 3. The summed E-state index contributed by atoms with van der Waals surface area (Å²) in [5.41, 5.74) is 3.40. The molecule has 2 aromatic heterocycles. The fraction of sp³-hybridized carbons (Fsp3) is 0.227. The van der Waals surface area contributed by atoms with Gasteiger partial charge in [-0.25, -0.2) is 9.97 Å². The highest BCUT2D eigenvalue weighted by Crippen LogP contribution is 2.27. The van der Waals surface area contributed by atoms with E-state index in [0.717, 1.165) is 47.1 Å². The van der Waals surface area contributed by atoms with E-state index >= 15 is 0 Å². The molecule has 3 heterocycles. The number of aromatic amines is 1. The number of benzene rings is 2. The van der Waals surface area contributed by atoms with E-state index < -0.39 is 0 Å². The Bertz CT molecular complexity index is 1100. The van der Waals surface area contributed by atoms with Gasteiger partial charge in [-0.05, 0) is 37.1 Å². The molecule has 27 heavy (non-hydrogen) atoms. The molecule has 134 valence electrons. The van der Waals surface area contributed by atoms with Crippen molar-refractivity contribution in [3.8, 4) is 0 Å². The third-order valence-electron chi connectivity index (χ3n) is 5.32. The van der Waals surface area contributed by atoms with E-state index in [0.29, 0.717) is 12.2 Å². The number of para-hydroxylation sites is 3. The first-order valence-electron chi connectivity index (χ1n) is 9.38. The molecule has 5 heteroatoms. The zero-order valence-electron chi connectivity index (χ0n) is 14.9. The van der Waals surface area contributed by atoms with Crippen LogP contribution in [0.15, 0.2) is 60.7 Å². The monoisotopic (exact) mass is 356 g/mol. The number of hydrogen-bond donors (Lipinski definition) is 1. The number of piperidine rings is 1. The summed E-state index contributed by atoms with van der Waals surface area (Å²) in [4.78, 5) is 27.7. The number of rotatable bonds is 2. The molecule has 1 N–H and O–H groups in total. The Morgan fingerprint density at radius 1 is 0.963 bits per heavy atom. The summed E-state index contributed by atoms with van der Waals surface area (Å²) in [7, 11) is 0. The van der Waals surface area contributed by atoms with Crippen molar-refractivity contribution in [2.45, 2.75) is 18.8 Å². The Kier molecular flexibility index (Phi) is 3.85. The van der Waals surface area contributed by atoms with Gasteiger partial charge in [-0.2, -0.15) is 0 Å². The second kappa shape index (κ2) is 6.50. The number of fused-ring (bicyclic) bond motifs is 2. The molecular formula is C22H20N4O. The van der Waals surface area contributed by atoms with Crippen LogP contribution in [0.3, 0.4) is 0 Å². The van der Waals surface area contributed by atoms with E-state index in [1.54, 1.807) is 0 Å². The Labute approximate surface area is 157 Å². The van der Waals surface area contributed by atoms with Gasteiger partial charge in [0.1, 0.15) is 11.5 Å². The SMILES string of the molecule is O=C(c1ccc2ccccc2n1)N1CCC[C@@H](c2nc3ccccc3[nH]2)C1. The third-order valence-corrected chi connectivity index (χ3v) is 5.32. The minimum absolute atomic E-state index is 0.00145. The average Bonchev–Trinajstić information content (AvgIpc) is 3.17. The number of nitrogens with one attached hydrogen (secondary N) is 1. The predicted molar refractivity (Wildman–Crippen MR) is 106 cm³/mol. The van der Waals surface area contributed by atoms with Crippen LogP contribution in [0.2, 0.25) is 0 Å². The molecule has 0 radical (unpaired) electrons. The molecule has 1 saturated heterocycles. The summed E-state index contributed by atoms with van der Waals surface area (Å²) >= 11 is 0. The van der Waals surface area contributed by atoms with Gasteiger partial charge < -0.3 is 9.88 Å². The van der Waals surface area contributed by atoms with Crippen LogP contribution in [0.5, 0.6) is 0 Å². The second-order valence-electron chi connectivity index (χ2n) is 7.12. The Morgan fingerprint density at radius 2 is 1.78 bits per heavy atom. The first-order chi connectivity index (χ1) is 13.3. The number of amides is 1. The predicted octanol–water partition coefficient (Wildman–Crippen LogP) is 4.13. The van der Waals surface area contributed by atoms with Crippen LogP contribution in [-0.2, 0) is 0 Å². The molecule has 0 unspecified atom stereocenters. The maximum atomic E-state index is 13.0. The van der Waals surface area contributed by atoms with E-state index in [-0.39, 0.29) is 11.8 Å². The molecular weight excluding hydrogens is 336 g/mol. The molecule has 0 spiro atoms. The number of carbonyl (C=O) groups is 1. The summed E-state index contributed by atoms with van der Waals surface area (Å²) < 4.78 is 0. The molecule has 1 aliphatic rings. The lowest BCUT2D eigenvalue weighted by atomic mass is 9.97. The van der Waals surface area contributed by atoms with E-state index in [1.165, 1.54) is 0 Å². The average molecular weight is 356 g/mol. The lowest BCUT2D eigenvalue weighted by Crippen LogP contribution is -2.39. The van der Waals surface area contributed by atoms with Gasteiger partial charge in [0.05, 0.1) is 16.6 Å². The molecule has 5 nitrogen and oxygen atoms in total. The van der Waals surface area contributed by atoms with Gasteiger partial charge in [-0.15, -0.1) is 0 Å². The minimum atomic E-state index is 0.00145. The smallest absolute Gasteiger partial charge is 0.272 e. The summed E-state index contributed by atoms with van der Waals surface area (Å²) in [5.74, 6) is 1.21. The van der Waals surface area contributed by atoms with E-state index in [9.17, 15) is 4.79 Å². The molecule has 0 aliphatic carbocycles. The zero-order valence-corrected chi connectivity index (χ0v) is 14.9. The van der Waals surface area contributed by atoms with E-state index in [2.05, 4.69) is 9.97 Å². The van der Waals surface area contributed by atoms with Crippen LogP contribution in [-0.4, -0.2) is 38.8 Å². The first-order valence-corrected chi connectivity index (χ1v) is 9.38. The summed E-state index contributed by atoms with van der Waals surface area (Å²) in [5, 5.41) is 1.05. The number of aromatic nitrogens is 3. The van der Waals surface area contributed by atoms with Crippen LogP contribution in [0.25, 0.3) is 21.9 Å². The van der Waals surface area contributed by atoms with Crippen molar-refractivity contribution in [1.29, 1.82) is 0 Å². The molecule has 0 saturated carbocycles. The van der Waals surface area contributed by atoms with Crippen molar-refractivity contribution in [2.24, 2.45) is 0 Å². The second-order valence-corrected chi connectivity index (χ2v) is 7.12. The molecule has 4 aromatic rings. The lowest BCUT2D eigenvalue weighted by Gasteiger charge is -2.31. The third kappa shape index (κ3) is 2.95. The number of carbonyl (C=O) groups excluding carboxylic acids is 1. The maximum absolute atomic E-state index is 13.0. The van der Waals surface area contributed by atoms with Crippen molar-refractivity contribution in [3.63, 3.8) is 0 Å². The molecule has 0 bridgehead atoms. The molecule has 2 aromatic carbocycles. The molecule has 1 fully saturated rings. The normalized spacial score (nSPS) is 17.5. The van der Waals surface area contributed by atoms with Gasteiger partial charge in [0, 0.05) is 24.4 Å². The highest BCUT2D eigenvalue weighted by molar-refractivity contribution is 5.95. The number of H-pyrrole nitrogens is 1. The molecule has 1 amide bonds. The highest BCUT2D eigenvalue weighted by atomic mass is 16.2. The highest BCUT2D eigenvalue weighted by Gasteiger charge is 2.28. The lowest BCUT2D eigenvalue weighted by molar-refractivity contribution is 0.0699. The van der Waals surface area contributed by atoms with Crippen molar-refractivity contribution in [2.75, 3.05) is 13.1 Å². The summed E-state index contributed by atoms with van der Waals surface area (Å²) in [6.45, 7) is 1.44. The van der Waals surface area contributed by atoms with Gasteiger partial charge in [-0.3, -0.25) is 4.79 Å². The van der Waals surface area contributed by atoms with Gasteiger partial charge >= 0.3 is 0 Å². The van der Waals surface area contributed by atoms with E-state index in [4.69, 9.17) is 4.98 Å². The Morgan fingerprint density at radius 3 is 2.67 bits per heavy atom. The quantitative estimate of drug-likeness (QED) is 0.587. The number of imidazole rings is 1. The minimum Gasteiger partial charge on any atom is -0.342 e. The summed E-state index contributed by atoms with van der Waals surface area (Å²) in [6, 6.07) is 19.7. The van der Waals surface area contributed by atoms with Gasteiger partial charge in [0.2, 0.25) is 0 Å². The Balaban J connectivity index is 1.40. The van der Waals surface area contributed by atoms with Crippen molar-refractivity contribution in [1.82, 2.24) is 19.9 Å². The van der Waals surface area contributed by atoms with Crippen molar-refractivity contribution < 1.29 is 4.79 Å². The number of pyridine rings is 1. The first kappa shape index (κ1) is 16.0. The van der Waals surface area contributed by atoms with Crippen LogP contribution in [0.4, 0.5) is 0 Å². The van der Waals surface area contributed by atoms with Gasteiger partial charge in [0.15, 0.2) is 0 Å². The largest absolute Gasteiger partial charge is 0.342 e. The number of likely N-dealkylation sites (tertiary alicyclic amines) is 1.